The van der Waals surface area contributed by atoms with Gasteiger partial charge in [0.15, 0.2) is 0 Å². The molecule has 1 heterocycles. The van der Waals surface area contributed by atoms with Crippen LogP contribution in [0.4, 0.5) is 0 Å². The van der Waals surface area contributed by atoms with Crippen LogP contribution >= 0.6 is 0 Å². The van der Waals surface area contributed by atoms with E-state index in [2.05, 4.69) is 13.2 Å². The van der Waals surface area contributed by atoms with Gasteiger partial charge >= 0.3 is 5.97 Å². The lowest BCUT2D eigenvalue weighted by atomic mass is 9.82. The van der Waals surface area contributed by atoms with Crippen molar-refractivity contribution in [2.24, 2.45) is 11.8 Å². The van der Waals surface area contributed by atoms with Gasteiger partial charge in [-0.1, -0.05) is 57.3 Å². The third-order valence-corrected chi connectivity index (χ3v) is 4.22. The maximum absolute atomic E-state index is 12.7. The fourth-order valence-corrected chi connectivity index (χ4v) is 3.04. The first-order valence-electron chi connectivity index (χ1n) is 7.67. The number of methoxy groups -OCH3 is 1. The molecule has 2 rings (SSSR count). The van der Waals surface area contributed by atoms with Gasteiger partial charge in [-0.3, -0.25) is 9.59 Å². The number of hydrogen-bond acceptors (Lipinski definition) is 4. The van der Waals surface area contributed by atoms with E-state index in [1.54, 1.807) is 12.2 Å². The molecule has 25 heavy (non-hydrogen) atoms. The number of ether oxygens (including phenoxy) is 2. The molecule has 4 nitrogen and oxygen atoms in total. The summed E-state index contributed by atoms with van der Waals surface area (Å²) < 4.78 is 10.6. The zero-order valence-electron chi connectivity index (χ0n) is 13.3. The average Bonchev–Trinajstić information content (AvgIpc) is 2.98. The van der Waals surface area contributed by atoms with E-state index in [0.717, 1.165) is 5.56 Å². The minimum Gasteiger partial charge on any atom is -0.469 e. The molecule has 0 saturated carbocycles. The van der Waals surface area contributed by atoms with Crippen molar-refractivity contribution in [3.63, 3.8) is 0 Å². The summed E-state index contributed by atoms with van der Waals surface area (Å²) in [7, 11) is 1.31. The van der Waals surface area contributed by atoms with Crippen LogP contribution in [-0.2, 0) is 25.5 Å². The Morgan fingerprint density at radius 3 is 2.16 bits per heavy atom. The van der Waals surface area contributed by atoms with Crippen LogP contribution in [0.2, 0.25) is 0 Å². The Balaban J connectivity index is 0.00000288. The van der Waals surface area contributed by atoms with Gasteiger partial charge in [-0.2, -0.15) is 0 Å². The predicted molar refractivity (Wildman–Crippen MR) is 101 cm³/mol. The number of aryl methyl sites for hydroxylation is 1. The molecule has 4 heteroatoms. The number of carbonyl (C=O) groups is 2. The van der Waals surface area contributed by atoms with Gasteiger partial charge in [0.1, 0.15) is 5.78 Å². The van der Waals surface area contributed by atoms with E-state index in [1.807, 2.05) is 30.3 Å². The Bertz CT molecular complexity index is 579. The van der Waals surface area contributed by atoms with Crippen molar-refractivity contribution >= 4 is 11.8 Å². The fraction of sp³-hybridized carbons (Fsp3) is 0.429. The number of rotatable bonds is 7. The number of benzene rings is 1. The molecule has 1 saturated heterocycles. The quantitative estimate of drug-likeness (QED) is 0.553. The van der Waals surface area contributed by atoms with Gasteiger partial charge in [0.2, 0.25) is 0 Å². The number of Topliss-reactive ketones (excluding diaryl/α,β-unsaturated/α-hetero) is 1. The lowest BCUT2D eigenvalue weighted by Gasteiger charge is -2.19. The van der Waals surface area contributed by atoms with Crippen molar-refractivity contribution in [1.82, 2.24) is 0 Å². The van der Waals surface area contributed by atoms with Crippen LogP contribution in [0, 0.1) is 11.8 Å². The molecule has 0 aliphatic carbocycles. The molecule has 1 aromatic carbocycles. The van der Waals surface area contributed by atoms with Crippen LogP contribution in [0.15, 0.2) is 55.6 Å². The van der Waals surface area contributed by atoms with Crippen LogP contribution in [0.1, 0.15) is 26.8 Å². The molecule has 1 fully saturated rings. The molecule has 0 unspecified atom stereocenters. The summed E-state index contributed by atoms with van der Waals surface area (Å²) in [5.41, 5.74) is 1.09. The van der Waals surface area contributed by atoms with Crippen LogP contribution in [0.5, 0.6) is 0 Å². The van der Waals surface area contributed by atoms with Crippen molar-refractivity contribution in [1.29, 1.82) is 0 Å². The summed E-state index contributed by atoms with van der Waals surface area (Å²) in [6.07, 6.45) is 3.07. The first-order valence-corrected chi connectivity index (χ1v) is 7.67. The second kappa shape index (κ2) is 10.6. The summed E-state index contributed by atoms with van der Waals surface area (Å²) >= 11 is 0. The second-order valence-electron chi connectivity index (χ2n) is 5.56. The van der Waals surface area contributed by atoms with Gasteiger partial charge in [-0.15, -0.1) is 13.2 Å². The summed E-state index contributed by atoms with van der Waals surface area (Å²) in [4.78, 5) is 24.8. The number of esters is 1. The molecule has 4 atom stereocenters. The van der Waals surface area contributed by atoms with Gasteiger partial charge < -0.3 is 9.47 Å². The molecule has 0 amide bonds. The van der Waals surface area contributed by atoms with E-state index < -0.39 is 30.0 Å². The first kappa shape index (κ1) is 22.8. The van der Waals surface area contributed by atoms with E-state index in [1.165, 1.54) is 7.11 Å². The maximum Gasteiger partial charge on any atom is 0.312 e. The molecular weight excluding hydrogens is 316 g/mol. The van der Waals surface area contributed by atoms with Crippen LogP contribution in [-0.4, -0.2) is 31.1 Å². The monoisotopic (exact) mass is 346 g/mol. The molecule has 0 aromatic heterocycles. The number of carbonyl (C=O) groups excluding carboxylic acids is 2. The Kier molecular flexibility index (Phi) is 9.69. The minimum atomic E-state index is -0.663. The highest BCUT2D eigenvalue weighted by molar-refractivity contribution is 5.88. The molecule has 138 valence electrons. The van der Waals surface area contributed by atoms with E-state index in [-0.39, 0.29) is 20.6 Å². The van der Waals surface area contributed by atoms with Gasteiger partial charge in [-0.05, 0) is 12.0 Å². The van der Waals surface area contributed by atoms with E-state index in [4.69, 9.17) is 9.47 Å². The third-order valence-electron chi connectivity index (χ3n) is 4.22. The second-order valence-corrected chi connectivity index (χ2v) is 5.56. The summed E-state index contributed by atoms with van der Waals surface area (Å²) in [6.45, 7) is 7.41. The number of hydrogen-bond donors (Lipinski definition) is 0. The van der Waals surface area contributed by atoms with Crippen LogP contribution in [0.3, 0.4) is 0 Å². The molecule has 0 spiro atoms. The summed E-state index contributed by atoms with van der Waals surface area (Å²) in [5, 5.41) is 0. The normalized spacial score (nSPS) is 24.4. The zero-order chi connectivity index (χ0) is 16.8. The SMILES string of the molecule is C.C.C=C[C@@H]1O[C@H](C=C)[C@@H](C(=O)OC)[C@H]1C(=O)CCc1ccccc1. The predicted octanol–water partition coefficient (Wildman–Crippen LogP) is 4.01. The molecule has 0 radical (unpaired) electrons. The van der Waals surface area contributed by atoms with Gasteiger partial charge in [0.05, 0.1) is 31.2 Å². The maximum atomic E-state index is 12.7. The Labute approximate surface area is 151 Å². The molecule has 0 bridgehead atoms. The van der Waals surface area contributed by atoms with E-state index >= 15 is 0 Å². The van der Waals surface area contributed by atoms with Gasteiger partial charge in [-0.25, -0.2) is 0 Å². The molecular formula is C21H30O4. The topological polar surface area (TPSA) is 52.6 Å². The average molecular weight is 346 g/mol. The molecule has 1 aliphatic rings. The first-order chi connectivity index (χ1) is 11.1. The van der Waals surface area contributed by atoms with Crippen molar-refractivity contribution in [2.45, 2.75) is 39.9 Å². The minimum absolute atomic E-state index is 0. The Morgan fingerprint density at radius 2 is 1.64 bits per heavy atom. The zero-order valence-corrected chi connectivity index (χ0v) is 13.3. The van der Waals surface area contributed by atoms with E-state index in [0.29, 0.717) is 12.8 Å². The largest absolute Gasteiger partial charge is 0.469 e. The van der Waals surface area contributed by atoms with Gasteiger partial charge in [0.25, 0.3) is 0 Å². The smallest absolute Gasteiger partial charge is 0.312 e. The Hall–Kier alpha value is -2.20. The summed E-state index contributed by atoms with van der Waals surface area (Å²) in [6, 6.07) is 9.78. The Morgan fingerprint density at radius 1 is 1.08 bits per heavy atom. The molecule has 0 N–H and O–H groups in total. The van der Waals surface area contributed by atoms with Crippen molar-refractivity contribution < 1.29 is 19.1 Å². The molecule has 1 aliphatic heterocycles. The lowest BCUT2D eigenvalue weighted by Crippen LogP contribution is -2.35. The number of ketones is 1. The van der Waals surface area contributed by atoms with Crippen molar-refractivity contribution in [2.75, 3.05) is 7.11 Å². The lowest BCUT2D eigenvalue weighted by molar-refractivity contribution is -0.149. The third kappa shape index (κ3) is 5.13. The summed E-state index contributed by atoms with van der Waals surface area (Å²) in [5.74, 6) is -1.70. The fourth-order valence-electron chi connectivity index (χ4n) is 3.04. The highest BCUT2D eigenvalue weighted by Gasteiger charge is 2.49. The van der Waals surface area contributed by atoms with Crippen molar-refractivity contribution in [3.05, 3.63) is 61.2 Å². The van der Waals surface area contributed by atoms with Crippen LogP contribution < -0.4 is 0 Å². The van der Waals surface area contributed by atoms with Crippen LogP contribution in [0.25, 0.3) is 0 Å². The van der Waals surface area contributed by atoms with Crippen molar-refractivity contribution in [3.8, 4) is 0 Å². The molecule has 1 aromatic rings. The highest BCUT2D eigenvalue weighted by atomic mass is 16.5. The van der Waals surface area contributed by atoms with Gasteiger partial charge in [0, 0.05) is 6.42 Å². The highest BCUT2D eigenvalue weighted by Crippen LogP contribution is 2.36. The van der Waals surface area contributed by atoms with E-state index in [9.17, 15) is 9.59 Å². The standard InChI is InChI=1S/C19H22O4.2CH4/c1-4-15-17(18(19(21)22-3)16(5-2)23-15)14(20)12-11-13-9-7-6-8-10-13;;/h4-10,15-18H,1-2,11-12H2,3H3;2*1H4/t15-,16+,17-,18+;;/m0../s1.